The monoisotopic (exact) mass is 501 g/mol. The van der Waals surface area contributed by atoms with Crippen molar-refractivity contribution in [2.45, 2.75) is 31.7 Å². The van der Waals surface area contributed by atoms with Gasteiger partial charge in [0.2, 0.25) is 11.8 Å². The van der Waals surface area contributed by atoms with Crippen LogP contribution in [0.3, 0.4) is 0 Å². The summed E-state index contributed by atoms with van der Waals surface area (Å²) in [4.78, 5) is 43.6. The van der Waals surface area contributed by atoms with Gasteiger partial charge in [0.15, 0.2) is 5.11 Å². The molecule has 9 nitrogen and oxygen atoms in total. The molecule has 0 radical (unpaired) electrons. The molecule has 1 aromatic carbocycles. The number of benzene rings is 1. The van der Waals surface area contributed by atoms with Gasteiger partial charge >= 0.3 is 5.97 Å². The summed E-state index contributed by atoms with van der Waals surface area (Å²) in [7, 11) is 1.39. The van der Waals surface area contributed by atoms with Crippen LogP contribution in [-0.4, -0.2) is 91.7 Å². The summed E-state index contributed by atoms with van der Waals surface area (Å²) in [6, 6.07) is 10.3. The lowest BCUT2D eigenvalue weighted by molar-refractivity contribution is -0.149. The Kier molecular flexibility index (Phi) is 8.56. The van der Waals surface area contributed by atoms with Crippen LogP contribution in [-0.2, 0) is 19.1 Å². The Morgan fingerprint density at radius 1 is 1.11 bits per heavy atom. The van der Waals surface area contributed by atoms with E-state index in [1.54, 1.807) is 0 Å². The smallest absolute Gasteiger partial charge is 0.308 e. The fourth-order valence-corrected chi connectivity index (χ4v) is 5.61. The maximum absolute atomic E-state index is 13.0. The van der Waals surface area contributed by atoms with Crippen molar-refractivity contribution in [1.82, 2.24) is 20.4 Å². The zero-order valence-electron chi connectivity index (χ0n) is 20.3. The van der Waals surface area contributed by atoms with E-state index in [0.29, 0.717) is 30.9 Å². The average molecular weight is 502 g/mol. The molecule has 2 amide bonds. The van der Waals surface area contributed by atoms with E-state index >= 15 is 0 Å². The molecule has 10 heteroatoms. The second-order valence-electron chi connectivity index (χ2n) is 9.45. The van der Waals surface area contributed by atoms with E-state index in [1.165, 1.54) is 17.7 Å². The first-order chi connectivity index (χ1) is 17.0. The molecule has 3 unspecified atom stereocenters. The molecule has 1 aromatic rings. The van der Waals surface area contributed by atoms with Crippen molar-refractivity contribution >= 4 is 40.8 Å². The summed E-state index contributed by atoms with van der Waals surface area (Å²) >= 11 is 5.41. The number of thiocarbonyl (C=S) groups is 1. The van der Waals surface area contributed by atoms with Crippen molar-refractivity contribution in [3.63, 3.8) is 0 Å². The molecule has 35 heavy (non-hydrogen) atoms. The molecule has 1 aliphatic carbocycles. The van der Waals surface area contributed by atoms with Crippen molar-refractivity contribution in [3.8, 4) is 0 Å². The Morgan fingerprint density at radius 2 is 1.86 bits per heavy atom. The number of methoxy groups -OCH3 is 1. The molecular formula is C25H35N5O4S. The Bertz CT molecular complexity index is 922. The number of nitrogens with one attached hydrogen (secondary N) is 2. The fraction of sp³-hybridized carbons (Fsp3) is 0.600. The van der Waals surface area contributed by atoms with Gasteiger partial charge in [0.1, 0.15) is 0 Å². The van der Waals surface area contributed by atoms with E-state index in [2.05, 4.69) is 44.7 Å². The molecule has 2 saturated heterocycles. The molecule has 0 bridgehead atoms. The number of carbonyl (C=O) groups excluding carboxylic acids is 3. The first-order valence-corrected chi connectivity index (χ1v) is 12.9. The SMILES string of the molecule is COC(=O)C1CCC2C(=O)N(CCC(=O)NCCN3CCN(c4ccccc4)CC3)C(=S)NC2C1. The third-order valence-corrected chi connectivity index (χ3v) is 7.67. The van der Waals surface area contributed by atoms with Crippen molar-refractivity contribution in [3.05, 3.63) is 30.3 Å². The molecule has 2 aliphatic heterocycles. The van der Waals surface area contributed by atoms with Gasteiger partial charge in [0.25, 0.3) is 0 Å². The summed E-state index contributed by atoms with van der Waals surface area (Å²) in [6.45, 7) is 5.53. The number of carbonyl (C=O) groups is 3. The number of rotatable bonds is 8. The highest BCUT2D eigenvalue weighted by Gasteiger charge is 2.44. The van der Waals surface area contributed by atoms with Crippen LogP contribution in [0.2, 0.25) is 0 Å². The van der Waals surface area contributed by atoms with Crippen LogP contribution in [0.15, 0.2) is 30.3 Å². The molecule has 4 rings (SSSR count). The number of fused-ring (bicyclic) bond motifs is 1. The van der Waals surface area contributed by atoms with Crippen molar-refractivity contribution in [2.24, 2.45) is 11.8 Å². The lowest BCUT2D eigenvalue weighted by atomic mass is 9.76. The van der Waals surface area contributed by atoms with Crippen LogP contribution in [0.4, 0.5) is 5.69 Å². The maximum atomic E-state index is 13.0. The Morgan fingerprint density at radius 3 is 2.57 bits per heavy atom. The number of para-hydroxylation sites is 1. The number of anilines is 1. The predicted molar refractivity (Wildman–Crippen MR) is 137 cm³/mol. The highest BCUT2D eigenvalue weighted by atomic mass is 32.1. The Hall–Kier alpha value is -2.72. The van der Waals surface area contributed by atoms with Crippen molar-refractivity contribution in [2.75, 3.05) is 57.8 Å². The lowest BCUT2D eigenvalue weighted by Crippen LogP contribution is -2.62. The van der Waals surface area contributed by atoms with Gasteiger partial charge in [-0.3, -0.25) is 24.2 Å². The van der Waals surface area contributed by atoms with E-state index in [9.17, 15) is 14.4 Å². The number of esters is 1. The number of amides is 2. The number of piperazine rings is 1. The van der Waals surface area contributed by atoms with Gasteiger partial charge in [0, 0.05) is 64.0 Å². The van der Waals surface area contributed by atoms with Crippen LogP contribution in [0.25, 0.3) is 0 Å². The minimum absolute atomic E-state index is 0.0499. The third-order valence-electron chi connectivity index (χ3n) is 7.33. The van der Waals surface area contributed by atoms with E-state index in [4.69, 9.17) is 17.0 Å². The van der Waals surface area contributed by atoms with Crippen molar-refractivity contribution in [1.29, 1.82) is 0 Å². The van der Waals surface area contributed by atoms with Gasteiger partial charge in [-0.1, -0.05) is 18.2 Å². The highest BCUT2D eigenvalue weighted by Crippen LogP contribution is 2.33. The number of ether oxygens (including phenoxy) is 1. The Labute approximate surface area is 212 Å². The molecule has 2 N–H and O–H groups in total. The van der Waals surface area contributed by atoms with Crippen LogP contribution in [0, 0.1) is 11.8 Å². The average Bonchev–Trinajstić information content (AvgIpc) is 2.88. The van der Waals surface area contributed by atoms with Gasteiger partial charge < -0.3 is 20.3 Å². The van der Waals surface area contributed by atoms with Gasteiger partial charge in [-0.2, -0.15) is 0 Å². The van der Waals surface area contributed by atoms with Crippen LogP contribution >= 0.6 is 12.2 Å². The van der Waals surface area contributed by atoms with Gasteiger partial charge in [-0.25, -0.2) is 0 Å². The van der Waals surface area contributed by atoms with Gasteiger partial charge in [-0.05, 0) is 43.6 Å². The van der Waals surface area contributed by atoms with Crippen molar-refractivity contribution < 1.29 is 19.1 Å². The number of nitrogens with zero attached hydrogens (tertiary/aromatic N) is 3. The summed E-state index contributed by atoms with van der Waals surface area (Å²) in [5.74, 6) is -0.796. The predicted octanol–water partition coefficient (Wildman–Crippen LogP) is 0.990. The summed E-state index contributed by atoms with van der Waals surface area (Å²) in [5.41, 5.74) is 1.25. The molecule has 1 saturated carbocycles. The summed E-state index contributed by atoms with van der Waals surface area (Å²) < 4.78 is 4.86. The van der Waals surface area contributed by atoms with Gasteiger partial charge in [-0.15, -0.1) is 0 Å². The number of hydrogen-bond donors (Lipinski definition) is 2. The minimum atomic E-state index is -0.235. The normalized spacial score (nSPS) is 25.0. The lowest BCUT2D eigenvalue weighted by Gasteiger charge is -2.43. The second kappa shape index (κ2) is 11.8. The Balaban J connectivity index is 1.15. The van der Waals surface area contributed by atoms with Crippen LogP contribution in [0.1, 0.15) is 25.7 Å². The molecule has 3 atom stereocenters. The zero-order chi connectivity index (χ0) is 24.8. The minimum Gasteiger partial charge on any atom is -0.469 e. The zero-order valence-corrected chi connectivity index (χ0v) is 21.1. The first-order valence-electron chi connectivity index (χ1n) is 12.4. The molecule has 0 aromatic heterocycles. The first kappa shape index (κ1) is 25.4. The molecule has 3 aliphatic rings. The van der Waals surface area contributed by atoms with E-state index in [-0.39, 0.29) is 48.6 Å². The third kappa shape index (κ3) is 6.29. The highest BCUT2D eigenvalue weighted by molar-refractivity contribution is 7.80. The van der Waals surface area contributed by atoms with Crippen LogP contribution in [0.5, 0.6) is 0 Å². The number of hydrogen-bond acceptors (Lipinski definition) is 7. The van der Waals surface area contributed by atoms with E-state index in [1.807, 2.05) is 6.07 Å². The summed E-state index contributed by atoms with van der Waals surface area (Å²) in [5, 5.41) is 6.53. The standard InChI is InChI=1S/C25H35N5O4S/c1-34-24(33)18-7-8-20-21(17-18)27-25(35)30(23(20)32)11-9-22(31)26-10-12-28-13-15-29(16-14-28)19-5-3-2-4-6-19/h2-6,18,20-21H,7-17H2,1H3,(H,26,31)(H,27,35). The van der Waals surface area contributed by atoms with Gasteiger partial charge in [0.05, 0.1) is 18.9 Å². The van der Waals surface area contributed by atoms with Crippen LogP contribution < -0.4 is 15.5 Å². The summed E-state index contributed by atoms with van der Waals surface area (Å²) in [6.07, 6.45) is 1.98. The van der Waals surface area contributed by atoms with E-state index < -0.39 is 0 Å². The topological polar surface area (TPSA) is 94.2 Å². The molecular weight excluding hydrogens is 466 g/mol. The molecule has 3 fully saturated rings. The quantitative estimate of drug-likeness (QED) is 0.402. The second-order valence-corrected chi connectivity index (χ2v) is 9.84. The molecule has 190 valence electrons. The fourth-order valence-electron chi connectivity index (χ4n) is 5.28. The largest absolute Gasteiger partial charge is 0.469 e. The molecule has 2 heterocycles. The molecule has 0 spiro atoms. The maximum Gasteiger partial charge on any atom is 0.308 e. The van der Waals surface area contributed by atoms with E-state index in [0.717, 1.165) is 32.7 Å².